The van der Waals surface area contributed by atoms with Gasteiger partial charge in [-0.3, -0.25) is 0 Å². The van der Waals surface area contributed by atoms with Gasteiger partial charge in [-0.1, -0.05) is 24.3 Å². The van der Waals surface area contributed by atoms with E-state index >= 15 is 0 Å². The van der Waals surface area contributed by atoms with E-state index < -0.39 is 35.3 Å². The van der Waals surface area contributed by atoms with Crippen LogP contribution in [-0.4, -0.2) is 55.8 Å². The van der Waals surface area contributed by atoms with Crippen LogP contribution in [0.5, 0.6) is 34.5 Å². The van der Waals surface area contributed by atoms with Crippen LogP contribution < -0.4 is 0 Å². The molecule has 0 amide bonds. The van der Waals surface area contributed by atoms with Crippen molar-refractivity contribution in [1.82, 2.24) is 0 Å². The minimum atomic E-state index is -1.35. The van der Waals surface area contributed by atoms with Crippen molar-refractivity contribution >= 4 is 30.2 Å². The van der Waals surface area contributed by atoms with Crippen molar-refractivity contribution in [2.45, 2.75) is 12.5 Å². The van der Waals surface area contributed by atoms with Crippen molar-refractivity contribution in [2.24, 2.45) is 0 Å². The third-order valence-electron chi connectivity index (χ3n) is 5.25. The van der Waals surface area contributed by atoms with Gasteiger partial charge >= 0.3 is 11.9 Å². The lowest BCUT2D eigenvalue weighted by Crippen LogP contribution is -2.30. The molecule has 37 heavy (non-hydrogen) atoms. The first-order valence-corrected chi connectivity index (χ1v) is 10.8. The molecule has 0 aromatic heterocycles. The summed E-state index contributed by atoms with van der Waals surface area (Å²) >= 11 is 0. The fourth-order valence-corrected chi connectivity index (χ4v) is 3.31. The van der Waals surface area contributed by atoms with Crippen LogP contribution in [0, 0.1) is 0 Å². The summed E-state index contributed by atoms with van der Waals surface area (Å²) in [6, 6.07) is 10.6. The van der Waals surface area contributed by atoms with Gasteiger partial charge in [-0.25, -0.2) is 9.59 Å². The molecular weight excluding hydrogens is 484 g/mol. The lowest BCUT2D eigenvalue weighted by molar-refractivity contribution is -0.162. The zero-order valence-electron chi connectivity index (χ0n) is 19.5. The van der Waals surface area contributed by atoms with Crippen molar-refractivity contribution in [3.05, 3.63) is 76.9 Å². The highest BCUT2D eigenvalue weighted by Gasteiger charge is 2.24. The molecule has 3 rings (SSSR count). The monoisotopic (exact) mass is 508 g/mol. The number of hydrogen-bond acceptors (Lipinski definition) is 10. The van der Waals surface area contributed by atoms with Crippen LogP contribution in [0.4, 0.5) is 0 Å². The number of phenols is 6. The number of methoxy groups -OCH3 is 1. The Morgan fingerprint density at radius 2 is 1.43 bits per heavy atom. The van der Waals surface area contributed by atoms with E-state index in [0.29, 0.717) is 16.7 Å². The first-order valence-electron chi connectivity index (χ1n) is 10.8. The second-order valence-corrected chi connectivity index (χ2v) is 7.83. The molecule has 0 saturated carbocycles. The van der Waals surface area contributed by atoms with Gasteiger partial charge in [0.05, 0.1) is 7.11 Å². The number of esters is 2. The van der Waals surface area contributed by atoms with Gasteiger partial charge in [0.1, 0.15) is 0 Å². The van der Waals surface area contributed by atoms with E-state index in [9.17, 15) is 40.2 Å². The van der Waals surface area contributed by atoms with Gasteiger partial charge in [-0.2, -0.15) is 0 Å². The molecule has 0 aliphatic carbocycles. The fraction of sp³-hybridized carbons (Fsp3) is 0.111. The van der Waals surface area contributed by atoms with Crippen LogP contribution in [-0.2, 0) is 25.5 Å². The third kappa shape index (κ3) is 6.73. The van der Waals surface area contributed by atoms with E-state index in [-0.39, 0.29) is 29.2 Å². The lowest BCUT2D eigenvalue weighted by atomic mass is 10.0. The first kappa shape index (κ1) is 26.5. The largest absolute Gasteiger partial charge is 0.504 e. The molecule has 0 spiro atoms. The maximum Gasteiger partial charge on any atom is 0.347 e. The standard InChI is InChI=1S/C27H24O10/c1-36-27(35)24(14-16-4-9-20(29)23(32)13-16)37-25(33)11-6-17-5-10-21(30)26(34)18(17)7-2-15-3-8-19(28)22(31)12-15/h2-13,24,28-32,34H,14H2,1H3. The van der Waals surface area contributed by atoms with Crippen LogP contribution in [0.1, 0.15) is 22.3 Å². The molecule has 3 aromatic carbocycles. The fourth-order valence-electron chi connectivity index (χ4n) is 3.31. The molecular formula is C27H24O10. The highest BCUT2D eigenvalue weighted by molar-refractivity contribution is 5.91. The molecule has 0 radical (unpaired) electrons. The molecule has 1 atom stereocenters. The highest BCUT2D eigenvalue weighted by Crippen LogP contribution is 2.34. The van der Waals surface area contributed by atoms with E-state index in [4.69, 9.17) is 4.74 Å². The topological polar surface area (TPSA) is 174 Å². The van der Waals surface area contributed by atoms with Crippen LogP contribution in [0.3, 0.4) is 0 Å². The number of benzene rings is 3. The number of aromatic hydroxyl groups is 6. The lowest BCUT2D eigenvalue weighted by Gasteiger charge is -2.15. The number of phenolic OH excluding ortho intramolecular Hbond substituents is 6. The Labute approximate surface area is 211 Å². The van der Waals surface area contributed by atoms with E-state index in [1.807, 2.05) is 0 Å². The summed E-state index contributed by atoms with van der Waals surface area (Å²) < 4.78 is 9.91. The molecule has 3 aromatic rings. The predicted molar refractivity (Wildman–Crippen MR) is 133 cm³/mol. The summed E-state index contributed by atoms with van der Waals surface area (Å²) in [5.41, 5.74) is 1.33. The zero-order valence-corrected chi connectivity index (χ0v) is 19.5. The number of hydrogen-bond donors (Lipinski definition) is 6. The molecule has 0 aliphatic rings. The molecule has 1 unspecified atom stereocenters. The Kier molecular flexibility index (Phi) is 8.26. The Hall–Kier alpha value is -5.12. The van der Waals surface area contributed by atoms with E-state index in [1.54, 1.807) is 0 Å². The number of carbonyl (C=O) groups is 2. The Morgan fingerprint density at radius 3 is 2.08 bits per heavy atom. The second-order valence-electron chi connectivity index (χ2n) is 7.83. The summed E-state index contributed by atoms with van der Waals surface area (Å²) in [4.78, 5) is 24.6. The quantitative estimate of drug-likeness (QED) is 0.114. The number of rotatable bonds is 8. The highest BCUT2D eigenvalue weighted by atomic mass is 16.6. The second kappa shape index (κ2) is 11.5. The molecule has 0 aliphatic heterocycles. The van der Waals surface area contributed by atoms with Crippen molar-refractivity contribution in [3.8, 4) is 34.5 Å². The molecule has 0 fully saturated rings. The van der Waals surface area contributed by atoms with Gasteiger partial charge in [0, 0.05) is 18.1 Å². The summed E-state index contributed by atoms with van der Waals surface area (Å²) in [6.07, 6.45) is 3.77. The molecule has 0 heterocycles. The number of ether oxygens (including phenoxy) is 2. The third-order valence-corrected chi connectivity index (χ3v) is 5.25. The Morgan fingerprint density at radius 1 is 0.784 bits per heavy atom. The molecule has 0 saturated heterocycles. The summed E-state index contributed by atoms with van der Waals surface area (Å²) in [5, 5.41) is 58.4. The predicted octanol–water partition coefficient (Wildman–Crippen LogP) is 3.43. The SMILES string of the molecule is COC(=O)C(Cc1ccc(O)c(O)c1)OC(=O)C=Cc1ccc(O)c(O)c1C=Cc1ccc(O)c(O)c1. The van der Waals surface area contributed by atoms with Crippen LogP contribution >= 0.6 is 0 Å². The van der Waals surface area contributed by atoms with Gasteiger partial charge in [0.25, 0.3) is 0 Å². The van der Waals surface area contributed by atoms with Crippen LogP contribution in [0.15, 0.2) is 54.6 Å². The molecule has 0 bridgehead atoms. The van der Waals surface area contributed by atoms with Crippen molar-refractivity contribution < 1.29 is 49.7 Å². The smallest absolute Gasteiger partial charge is 0.347 e. The minimum absolute atomic E-state index is 0.131. The first-order chi connectivity index (χ1) is 17.6. The molecule has 10 nitrogen and oxygen atoms in total. The van der Waals surface area contributed by atoms with Gasteiger partial charge in [0.15, 0.2) is 34.5 Å². The van der Waals surface area contributed by atoms with Crippen LogP contribution in [0.2, 0.25) is 0 Å². The van der Waals surface area contributed by atoms with Gasteiger partial charge in [-0.05, 0) is 59.2 Å². The average molecular weight is 508 g/mol. The van der Waals surface area contributed by atoms with Crippen molar-refractivity contribution in [2.75, 3.05) is 7.11 Å². The Balaban J connectivity index is 1.81. The maximum atomic E-state index is 12.5. The Bertz CT molecular complexity index is 1370. The summed E-state index contributed by atoms with van der Waals surface area (Å²) in [6.45, 7) is 0. The molecule has 6 N–H and O–H groups in total. The van der Waals surface area contributed by atoms with Gasteiger partial charge in [-0.15, -0.1) is 0 Å². The maximum absolute atomic E-state index is 12.5. The minimum Gasteiger partial charge on any atom is -0.504 e. The normalized spacial score (nSPS) is 12.0. The van der Waals surface area contributed by atoms with Gasteiger partial charge in [0.2, 0.25) is 6.10 Å². The summed E-state index contributed by atoms with van der Waals surface area (Å²) in [5.74, 6) is -4.00. The molecule has 10 heteroatoms. The van der Waals surface area contributed by atoms with E-state index in [2.05, 4.69) is 4.74 Å². The average Bonchev–Trinajstić information content (AvgIpc) is 2.87. The van der Waals surface area contributed by atoms with E-state index in [1.165, 1.54) is 66.8 Å². The summed E-state index contributed by atoms with van der Waals surface area (Å²) in [7, 11) is 1.12. The molecule has 192 valence electrons. The van der Waals surface area contributed by atoms with Crippen molar-refractivity contribution in [3.63, 3.8) is 0 Å². The zero-order chi connectivity index (χ0) is 27.1. The van der Waals surface area contributed by atoms with E-state index in [0.717, 1.165) is 13.2 Å². The van der Waals surface area contributed by atoms with Gasteiger partial charge < -0.3 is 40.1 Å². The van der Waals surface area contributed by atoms with Crippen molar-refractivity contribution in [1.29, 1.82) is 0 Å². The van der Waals surface area contributed by atoms with Crippen LogP contribution in [0.25, 0.3) is 18.2 Å². The number of carbonyl (C=O) groups excluding carboxylic acids is 2.